The van der Waals surface area contributed by atoms with E-state index in [0.717, 1.165) is 5.56 Å². The van der Waals surface area contributed by atoms with E-state index in [4.69, 9.17) is 9.47 Å². The molecule has 1 aliphatic rings. The number of rotatable bonds is 5. The number of aromatic nitrogens is 3. The number of nitrogens with zero attached hydrogens (tertiary/aromatic N) is 3. The Balaban J connectivity index is 1.45. The zero-order valence-corrected chi connectivity index (χ0v) is 13.9. The number of carbonyl (C=O) groups is 1. The maximum absolute atomic E-state index is 12.6. The molecule has 0 saturated heterocycles. The molecule has 130 valence electrons. The first-order valence-corrected chi connectivity index (χ1v) is 8.19. The Hall–Kier alpha value is -3.48. The number of hydrogen-bond donors (Lipinski definition) is 1. The van der Waals surface area contributed by atoms with E-state index < -0.39 is 0 Å². The summed E-state index contributed by atoms with van der Waals surface area (Å²) >= 11 is 0. The van der Waals surface area contributed by atoms with Crippen LogP contribution in [0.3, 0.4) is 0 Å². The van der Waals surface area contributed by atoms with Gasteiger partial charge in [0.15, 0.2) is 17.3 Å². The van der Waals surface area contributed by atoms with Crippen molar-refractivity contribution in [2.24, 2.45) is 0 Å². The predicted molar refractivity (Wildman–Crippen MR) is 94.5 cm³/mol. The fourth-order valence-electron chi connectivity index (χ4n) is 2.57. The van der Waals surface area contributed by atoms with Crippen molar-refractivity contribution < 1.29 is 14.3 Å². The zero-order valence-electron chi connectivity index (χ0n) is 13.9. The molecular weight excluding hydrogens is 332 g/mol. The van der Waals surface area contributed by atoms with Gasteiger partial charge >= 0.3 is 0 Å². The van der Waals surface area contributed by atoms with Gasteiger partial charge in [-0.15, -0.1) is 0 Å². The number of hydrogen-bond acceptors (Lipinski definition) is 7. The normalized spacial score (nSPS) is 12.5. The second-order valence-electron chi connectivity index (χ2n) is 5.70. The van der Waals surface area contributed by atoms with Gasteiger partial charge in [-0.25, -0.2) is 9.97 Å². The second kappa shape index (κ2) is 7.18. The van der Waals surface area contributed by atoms with Crippen LogP contribution in [0.4, 0.5) is 5.95 Å². The lowest BCUT2D eigenvalue weighted by Gasteiger charge is -2.18. The SMILES string of the molecule is O=C(c1cnc(NCc2cccnc2)nc1)c1ccc2c(c1)OCCO2. The Morgan fingerprint density at radius 1 is 1.00 bits per heavy atom. The van der Waals surface area contributed by atoms with Gasteiger partial charge in [-0.3, -0.25) is 9.78 Å². The van der Waals surface area contributed by atoms with Crippen LogP contribution in [0, 0.1) is 0 Å². The fraction of sp³-hybridized carbons (Fsp3) is 0.158. The molecule has 0 spiro atoms. The molecule has 0 radical (unpaired) electrons. The largest absolute Gasteiger partial charge is 0.486 e. The second-order valence-corrected chi connectivity index (χ2v) is 5.70. The summed E-state index contributed by atoms with van der Waals surface area (Å²) in [7, 11) is 0. The number of pyridine rings is 1. The first-order valence-electron chi connectivity index (χ1n) is 8.19. The van der Waals surface area contributed by atoms with E-state index in [1.54, 1.807) is 30.6 Å². The molecule has 4 rings (SSSR count). The van der Waals surface area contributed by atoms with Gasteiger partial charge in [-0.2, -0.15) is 0 Å². The minimum absolute atomic E-state index is 0.166. The monoisotopic (exact) mass is 348 g/mol. The molecule has 2 aromatic heterocycles. The van der Waals surface area contributed by atoms with Gasteiger partial charge in [0.2, 0.25) is 5.95 Å². The Kier molecular flexibility index (Phi) is 4.42. The molecule has 0 bridgehead atoms. The third-order valence-electron chi connectivity index (χ3n) is 3.89. The van der Waals surface area contributed by atoms with E-state index in [2.05, 4.69) is 20.3 Å². The van der Waals surface area contributed by atoms with Crippen molar-refractivity contribution >= 4 is 11.7 Å². The summed E-state index contributed by atoms with van der Waals surface area (Å²) in [4.78, 5) is 25.1. The van der Waals surface area contributed by atoms with Crippen LogP contribution < -0.4 is 14.8 Å². The van der Waals surface area contributed by atoms with Gasteiger partial charge in [-0.1, -0.05) is 6.07 Å². The number of carbonyl (C=O) groups excluding carboxylic acids is 1. The van der Waals surface area contributed by atoms with Crippen molar-refractivity contribution in [2.45, 2.75) is 6.54 Å². The van der Waals surface area contributed by atoms with E-state index in [-0.39, 0.29) is 5.78 Å². The molecule has 0 aliphatic carbocycles. The van der Waals surface area contributed by atoms with Crippen LogP contribution in [0.15, 0.2) is 55.1 Å². The van der Waals surface area contributed by atoms with Crippen molar-refractivity contribution in [1.82, 2.24) is 15.0 Å². The predicted octanol–water partition coefficient (Wildman–Crippen LogP) is 2.49. The van der Waals surface area contributed by atoms with Crippen LogP contribution in [-0.4, -0.2) is 33.9 Å². The lowest BCUT2D eigenvalue weighted by molar-refractivity contribution is 0.103. The molecule has 7 heteroatoms. The molecule has 1 aromatic carbocycles. The molecule has 26 heavy (non-hydrogen) atoms. The fourth-order valence-corrected chi connectivity index (χ4v) is 2.57. The highest BCUT2D eigenvalue weighted by Gasteiger charge is 2.16. The molecule has 3 heterocycles. The van der Waals surface area contributed by atoms with Crippen molar-refractivity contribution in [2.75, 3.05) is 18.5 Å². The zero-order chi connectivity index (χ0) is 17.8. The Morgan fingerprint density at radius 3 is 2.58 bits per heavy atom. The lowest BCUT2D eigenvalue weighted by atomic mass is 10.1. The van der Waals surface area contributed by atoms with Crippen LogP contribution in [-0.2, 0) is 6.54 Å². The van der Waals surface area contributed by atoms with E-state index >= 15 is 0 Å². The molecule has 0 fully saturated rings. The smallest absolute Gasteiger partial charge is 0.222 e. The van der Waals surface area contributed by atoms with Gasteiger partial charge in [0.05, 0.1) is 5.56 Å². The third-order valence-corrected chi connectivity index (χ3v) is 3.89. The van der Waals surface area contributed by atoms with Gasteiger partial charge in [0.1, 0.15) is 13.2 Å². The molecular formula is C19H16N4O3. The van der Waals surface area contributed by atoms with Crippen LogP contribution in [0.2, 0.25) is 0 Å². The summed E-state index contributed by atoms with van der Waals surface area (Å²) < 4.78 is 11.0. The van der Waals surface area contributed by atoms with Gasteiger partial charge in [0, 0.05) is 36.9 Å². The summed E-state index contributed by atoms with van der Waals surface area (Å²) in [6.07, 6.45) is 6.51. The minimum Gasteiger partial charge on any atom is -0.486 e. The van der Waals surface area contributed by atoms with E-state index in [9.17, 15) is 4.79 Å². The summed E-state index contributed by atoms with van der Waals surface area (Å²) in [6, 6.07) is 8.97. The lowest BCUT2D eigenvalue weighted by Crippen LogP contribution is -2.16. The van der Waals surface area contributed by atoms with Crippen molar-refractivity contribution in [3.05, 3.63) is 71.8 Å². The number of ether oxygens (including phenoxy) is 2. The molecule has 7 nitrogen and oxygen atoms in total. The Morgan fingerprint density at radius 2 is 1.81 bits per heavy atom. The van der Waals surface area contributed by atoms with Crippen molar-refractivity contribution in [3.63, 3.8) is 0 Å². The minimum atomic E-state index is -0.166. The summed E-state index contributed by atoms with van der Waals surface area (Å²) in [6.45, 7) is 1.55. The van der Waals surface area contributed by atoms with E-state index in [0.29, 0.717) is 48.3 Å². The molecule has 3 aromatic rings. The Labute approximate surface area is 150 Å². The van der Waals surface area contributed by atoms with E-state index in [1.807, 2.05) is 12.1 Å². The molecule has 0 saturated carbocycles. The van der Waals surface area contributed by atoms with Crippen LogP contribution in [0.25, 0.3) is 0 Å². The summed E-state index contributed by atoms with van der Waals surface area (Å²) in [5.41, 5.74) is 1.94. The molecule has 0 unspecified atom stereocenters. The number of anilines is 1. The average Bonchev–Trinajstić information content (AvgIpc) is 2.72. The number of ketones is 1. The topological polar surface area (TPSA) is 86.2 Å². The number of fused-ring (bicyclic) bond motifs is 1. The first kappa shape index (κ1) is 16.0. The van der Waals surface area contributed by atoms with Gasteiger partial charge in [-0.05, 0) is 29.8 Å². The molecule has 1 N–H and O–H groups in total. The van der Waals surface area contributed by atoms with Crippen LogP contribution in [0.5, 0.6) is 11.5 Å². The van der Waals surface area contributed by atoms with Crippen molar-refractivity contribution in [1.29, 1.82) is 0 Å². The molecule has 0 atom stereocenters. The quantitative estimate of drug-likeness (QED) is 0.709. The summed E-state index contributed by atoms with van der Waals surface area (Å²) in [5, 5.41) is 3.10. The standard InChI is InChI=1S/C19H16N4O3/c24-18(14-3-4-16-17(8-14)26-7-6-25-16)15-11-22-19(23-12-15)21-10-13-2-1-5-20-9-13/h1-5,8-9,11-12H,6-7,10H2,(H,21,22,23). The van der Waals surface area contributed by atoms with E-state index in [1.165, 1.54) is 12.4 Å². The molecule has 0 amide bonds. The highest BCUT2D eigenvalue weighted by atomic mass is 16.6. The van der Waals surface area contributed by atoms with Crippen molar-refractivity contribution in [3.8, 4) is 11.5 Å². The molecule has 1 aliphatic heterocycles. The number of nitrogens with one attached hydrogen (secondary N) is 1. The number of benzene rings is 1. The van der Waals surface area contributed by atoms with Crippen LogP contribution >= 0.6 is 0 Å². The Bertz CT molecular complexity index is 914. The maximum atomic E-state index is 12.6. The highest BCUT2D eigenvalue weighted by Crippen LogP contribution is 2.31. The van der Waals surface area contributed by atoms with Gasteiger partial charge < -0.3 is 14.8 Å². The van der Waals surface area contributed by atoms with Gasteiger partial charge in [0.25, 0.3) is 0 Å². The first-order chi connectivity index (χ1) is 12.8. The average molecular weight is 348 g/mol. The van der Waals surface area contributed by atoms with Crippen LogP contribution in [0.1, 0.15) is 21.5 Å². The summed E-state index contributed by atoms with van der Waals surface area (Å²) in [5.74, 6) is 1.52. The maximum Gasteiger partial charge on any atom is 0.222 e. The highest BCUT2D eigenvalue weighted by molar-refractivity contribution is 6.09. The third kappa shape index (κ3) is 3.46.